The molecule has 0 aliphatic carbocycles. The van der Waals surface area contributed by atoms with Crippen LogP contribution in [0.5, 0.6) is 0 Å². The molecule has 1 saturated heterocycles. The third-order valence-electron chi connectivity index (χ3n) is 7.87. The van der Waals surface area contributed by atoms with Crippen LogP contribution in [0, 0.1) is 18.8 Å². The second kappa shape index (κ2) is 33.5. The Morgan fingerprint density at radius 2 is 1.40 bits per heavy atom. The monoisotopic (exact) mass is 827 g/mol. The highest BCUT2D eigenvalue weighted by atomic mass is 32.1. The molecule has 3 atom stereocenters. The summed E-state index contributed by atoms with van der Waals surface area (Å²) in [5, 5.41) is 5.33. The molecule has 2 aromatic carbocycles. The minimum atomic E-state index is -0.547. The Balaban J connectivity index is 0. The van der Waals surface area contributed by atoms with Crippen LogP contribution in [0.4, 0.5) is 0 Å². The van der Waals surface area contributed by atoms with E-state index in [4.69, 9.17) is 16.2 Å². The second-order valence-electron chi connectivity index (χ2n) is 14.2. The van der Waals surface area contributed by atoms with Crippen LogP contribution in [0.3, 0.4) is 0 Å². The van der Waals surface area contributed by atoms with Crippen molar-refractivity contribution < 1.29 is 33.5 Å². The Kier molecular flexibility index (Phi) is 32.1. The van der Waals surface area contributed by atoms with E-state index in [2.05, 4.69) is 79.7 Å². The Hall–Kier alpha value is -4.47. The number of nitrogens with two attached hydrogens (primary N) is 2. The fraction of sp³-hybridized carbons (Fsp3) is 0.523. The first-order valence-corrected chi connectivity index (χ1v) is 20.6. The summed E-state index contributed by atoms with van der Waals surface area (Å²) < 4.78 is 5.03. The Labute approximate surface area is 351 Å². The van der Waals surface area contributed by atoms with E-state index in [1.54, 1.807) is 18.9 Å². The molecule has 1 unspecified atom stereocenters. The number of nitrogens with one attached hydrogen (secondary N) is 2. The highest BCUT2D eigenvalue weighted by Crippen LogP contribution is 2.28. The smallest absolute Gasteiger partial charge is 0.282 e. The van der Waals surface area contributed by atoms with Gasteiger partial charge >= 0.3 is 0 Å². The van der Waals surface area contributed by atoms with Crippen LogP contribution in [0.15, 0.2) is 66.9 Å². The summed E-state index contributed by atoms with van der Waals surface area (Å²) >= 11 is 1.03. The van der Waals surface area contributed by atoms with Crippen molar-refractivity contribution >= 4 is 47.8 Å². The van der Waals surface area contributed by atoms with E-state index in [1.807, 2.05) is 52.0 Å². The highest BCUT2D eigenvalue weighted by molar-refractivity contribution is 7.15. The number of benzene rings is 2. The molecule has 1 aliphatic rings. The van der Waals surface area contributed by atoms with Crippen LogP contribution >= 0.6 is 11.3 Å². The van der Waals surface area contributed by atoms with Gasteiger partial charge in [-0.15, -0.1) is 11.3 Å². The van der Waals surface area contributed by atoms with Crippen molar-refractivity contribution in [3.63, 3.8) is 0 Å². The van der Waals surface area contributed by atoms with Crippen molar-refractivity contribution in [1.29, 1.82) is 0 Å². The van der Waals surface area contributed by atoms with Gasteiger partial charge in [-0.2, -0.15) is 0 Å². The number of nitrogens with zero attached hydrogens (tertiary/aromatic N) is 2. The molecular weight excluding hydrogens is 757 g/mol. The van der Waals surface area contributed by atoms with Gasteiger partial charge in [0.1, 0.15) is 29.3 Å². The van der Waals surface area contributed by atoms with Crippen LogP contribution in [0.1, 0.15) is 98.8 Å². The predicted octanol–water partition coefficient (Wildman–Crippen LogP) is 5.48. The maximum atomic E-state index is 11.9. The third-order valence-corrected chi connectivity index (χ3v) is 8.85. The zero-order valence-corrected chi connectivity index (χ0v) is 37.2. The van der Waals surface area contributed by atoms with E-state index in [0.29, 0.717) is 49.2 Å². The average molecular weight is 827 g/mol. The number of epoxide rings is 1. The lowest BCUT2D eigenvalue weighted by Crippen LogP contribution is -2.40. The van der Waals surface area contributed by atoms with Gasteiger partial charge in [-0.25, -0.2) is 4.98 Å². The number of aromatic nitrogens is 1. The summed E-state index contributed by atoms with van der Waals surface area (Å²) in [6, 6.07) is 20.1. The van der Waals surface area contributed by atoms with Crippen LogP contribution in [-0.2, 0) is 30.3 Å². The number of amides is 2. The van der Waals surface area contributed by atoms with Crippen molar-refractivity contribution in [2.75, 3.05) is 39.8 Å². The van der Waals surface area contributed by atoms with Gasteiger partial charge in [0.2, 0.25) is 0 Å². The van der Waals surface area contributed by atoms with Gasteiger partial charge in [0.05, 0.1) is 38.0 Å². The zero-order chi connectivity index (χ0) is 44.5. The summed E-state index contributed by atoms with van der Waals surface area (Å²) in [6.07, 6.45) is 6.24. The molecule has 0 saturated carbocycles. The van der Waals surface area contributed by atoms with Crippen molar-refractivity contribution in [3.05, 3.63) is 87.9 Å². The predicted molar refractivity (Wildman–Crippen MR) is 235 cm³/mol. The minimum absolute atomic E-state index is 0.0456. The number of hydrogen-bond acceptors (Lipinski definition) is 12. The molecule has 1 aliphatic heterocycles. The largest absolute Gasteiger partial charge is 0.362 e. The SMILES string of the molecule is CC(C)C[C@H](N)C(=O)C1(C)CO1.CC(C)C[C@H](N)C=O.CCN(CC)C(=O)c1ncc(C(=O)NCC=O)s1.CCc1ccccc1.CNCC=O.Cc1ccccc1. The molecule has 13 nitrogen and oxygen atoms in total. The minimum Gasteiger partial charge on any atom is -0.362 e. The molecule has 0 bridgehead atoms. The molecular formula is C44H70N6O7S. The number of likely N-dealkylation sites (N-methyl/N-ethyl adjacent to an activating group) is 1. The molecule has 2 heterocycles. The van der Waals surface area contributed by atoms with Crippen LogP contribution in [0.2, 0.25) is 0 Å². The number of carbonyl (C=O) groups is 6. The summed E-state index contributed by atoms with van der Waals surface area (Å²) in [6.45, 7) is 20.2. The Morgan fingerprint density at radius 3 is 1.72 bits per heavy atom. The van der Waals surface area contributed by atoms with Crippen molar-refractivity contribution in [2.24, 2.45) is 23.3 Å². The van der Waals surface area contributed by atoms with E-state index in [9.17, 15) is 28.8 Å². The number of ether oxygens (including phenoxy) is 1. The average Bonchev–Trinajstić information content (AvgIpc) is 3.76. The van der Waals surface area contributed by atoms with Gasteiger partial charge < -0.3 is 46.1 Å². The Morgan fingerprint density at radius 1 is 0.879 bits per heavy atom. The fourth-order valence-electron chi connectivity index (χ4n) is 4.53. The van der Waals surface area contributed by atoms with E-state index in [-0.39, 0.29) is 35.3 Å². The number of carbonyl (C=O) groups excluding carboxylic acids is 6. The first-order chi connectivity index (χ1) is 27.5. The first kappa shape index (κ1) is 55.6. The van der Waals surface area contributed by atoms with Gasteiger partial charge in [-0.3, -0.25) is 14.4 Å². The van der Waals surface area contributed by atoms with Crippen molar-refractivity contribution in [3.8, 4) is 0 Å². The standard InChI is InChI=1S/C11H15N3O3S.C9H17NO2.C8H10.C7H8.C6H13NO.C3H7NO/c1-3-14(4-2)11(17)10-13-7-8(18-10)9(16)12-5-6-15;1-6(2)4-7(10)8(11)9(3)5-12-9;1-2-8-6-4-3-5-7-8;1-7-5-3-2-4-6-7;1-5(2)3-6(7)4-8;1-4-2-3-5/h6-7H,3-5H2,1-2H3,(H,12,16);6-7H,4-5,10H2,1-3H3;3-7H,2H2,1H3;2-6H,1H3;4-6H,3,7H2,1-2H3;3-4H,2H2,1H3/t;7-,9?;;;6-;/m.0..0./s1. The maximum absolute atomic E-state index is 11.9. The molecule has 4 rings (SSSR count). The molecule has 2 amide bonds. The molecule has 0 spiro atoms. The molecule has 14 heteroatoms. The number of aryl methyl sites for hydroxylation is 2. The van der Waals surface area contributed by atoms with E-state index >= 15 is 0 Å². The van der Waals surface area contributed by atoms with Crippen LogP contribution in [-0.4, -0.2) is 104 Å². The van der Waals surface area contributed by atoms with Crippen molar-refractivity contribution in [2.45, 2.75) is 99.3 Å². The number of rotatable bonds is 16. The van der Waals surface area contributed by atoms with E-state index in [0.717, 1.165) is 43.2 Å². The lowest BCUT2D eigenvalue weighted by Gasteiger charge is -2.16. The van der Waals surface area contributed by atoms with E-state index < -0.39 is 11.5 Å². The molecule has 1 fully saturated rings. The molecule has 58 heavy (non-hydrogen) atoms. The van der Waals surface area contributed by atoms with Crippen LogP contribution < -0.4 is 22.1 Å². The topological polar surface area (TPSA) is 207 Å². The maximum Gasteiger partial charge on any atom is 0.282 e. The molecule has 1 aromatic heterocycles. The molecule has 324 valence electrons. The summed E-state index contributed by atoms with van der Waals surface area (Å²) in [7, 11) is 1.73. The summed E-state index contributed by atoms with van der Waals surface area (Å²) in [5.41, 5.74) is 13.2. The Bertz CT molecular complexity index is 1550. The quantitative estimate of drug-likeness (QED) is 0.105. The molecule has 3 aromatic rings. The number of hydrogen-bond donors (Lipinski definition) is 4. The zero-order valence-electron chi connectivity index (χ0n) is 36.4. The number of aldehydes is 3. The molecule has 6 N–H and O–H groups in total. The van der Waals surface area contributed by atoms with Crippen molar-refractivity contribution in [1.82, 2.24) is 20.5 Å². The van der Waals surface area contributed by atoms with Gasteiger partial charge in [-0.1, -0.05) is 101 Å². The lowest BCUT2D eigenvalue weighted by molar-refractivity contribution is -0.125. The van der Waals surface area contributed by atoms with E-state index in [1.165, 1.54) is 17.3 Å². The third kappa shape index (κ3) is 27.2. The van der Waals surface area contributed by atoms with Gasteiger partial charge in [-0.05, 0) is 71.4 Å². The number of thiazole rings is 1. The highest BCUT2D eigenvalue weighted by Gasteiger charge is 2.48. The number of Topliss-reactive ketones (excluding diaryl/α,β-unsaturated/α-hetero) is 1. The number of ketones is 1. The molecule has 0 radical (unpaired) electrons. The normalized spacial score (nSPS) is 14.2. The lowest BCUT2D eigenvalue weighted by atomic mass is 9.94. The van der Waals surface area contributed by atoms with Gasteiger partial charge in [0.25, 0.3) is 11.8 Å². The van der Waals surface area contributed by atoms with Gasteiger partial charge in [0.15, 0.2) is 10.8 Å². The first-order valence-electron chi connectivity index (χ1n) is 19.8. The second-order valence-corrected chi connectivity index (χ2v) is 15.2. The van der Waals surface area contributed by atoms with Crippen LogP contribution in [0.25, 0.3) is 0 Å². The van der Waals surface area contributed by atoms with Gasteiger partial charge in [0, 0.05) is 13.1 Å². The summed E-state index contributed by atoms with van der Waals surface area (Å²) in [5.74, 6) is 0.468. The fourth-order valence-corrected chi connectivity index (χ4v) is 5.33. The summed E-state index contributed by atoms with van der Waals surface area (Å²) in [4.78, 5) is 70.3.